The predicted molar refractivity (Wildman–Crippen MR) is 58.2 cm³/mol. The van der Waals surface area contributed by atoms with Gasteiger partial charge in [-0.2, -0.15) is 0 Å². The topological polar surface area (TPSA) is 35.2 Å². The lowest BCUT2D eigenvalue weighted by Gasteiger charge is -2.38. The SMILES string of the molecule is NCC1(OCC2CCC2)CCCCC1. The average Bonchev–Trinajstić information content (AvgIpc) is 2.17. The molecular formula is C12H23NO. The van der Waals surface area contributed by atoms with Crippen molar-refractivity contribution in [2.24, 2.45) is 11.7 Å². The Bertz CT molecular complexity index is 171. The quantitative estimate of drug-likeness (QED) is 0.751. The highest BCUT2D eigenvalue weighted by atomic mass is 16.5. The van der Waals surface area contributed by atoms with Gasteiger partial charge in [0.1, 0.15) is 0 Å². The number of rotatable bonds is 4. The molecule has 2 nitrogen and oxygen atoms in total. The summed E-state index contributed by atoms with van der Waals surface area (Å²) in [6.45, 7) is 1.69. The van der Waals surface area contributed by atoms with Gasteiger partial charge in [-0.05, 0) is 31.6 Å². The summed E-state index contributed by atoms with van der Waals surface area (Å²) in [5.41, 5.74) is 5.92. The zero-order chi connectivity index (χ0) is 9.86. The van der Waals surface area contributed by atoms with E-state index in [4.69, 9.17) is 10.5 Å². The first kappa shape index (κ1) is 10.4. The largest absolute Gasteiger partial charge is 0.373 e. The van der Waals surface area contributed by atoms with E-state index in [1.807, 2.05) is 0 Å². The first-order valence-corrected chi connectivity index (χ1v) is 6.19. The van der Waals surface area contributed by atoms with Crippen LogP contribution in [0.1, 0.15) is 51.4 Å². The summed E-state index contributed by atoms with van der Waals surface area (Å²) in [5, 5.41) is 0. The Hall–Kier alpha value is -0.0800. The maximum atomic E-state index is 6.10. The summed E-state index contributed by atoms with van der Waals surface area (Å²) in [5.74, 6) is 0.848. The van der Waals surface area contributed by atoms with Gasteiger partial charge in [-0.3, -0.25) is 0 Å². The van der Waals surface area contributed by atoms with Crippen LogP contribution in [0.5, 0.6) is 0 Å². The van der Waals surface area contributed by atoms with Crippen molar-refractivity contribution in [3.05, 3.63) is 0 Å². The van der Waals surface area contributed by atoms with Gasteiger partial charge in [0.2, 0.25) is 0 Å². The van der Waals surface area contributed by atoms with Crippen LogP contribution in [0.15, 0.2) is 0 Å². The molecule has 2 N–H and O–H groups in total. The number of ether oxygens (including phenoxy) is 1. The number of hydrogen-bond donors (Lipinski definition) is 1. The van der Waals surface area contributed by atoms with E-state index >= 15 is 0 Å². The smallest absolute Gasteiger partial charge is 0.0804 e. The van der Waals surface area contributed by atoms with Crippen LogP contribution < -0.4 is 5.73 Å². The molecule has 0 amide bonds. The third kappa shape index (κ3) is 2.29. The molecule has 2 rings (SSSR count). The summed E-state index contributed by atoms with van der Waals surface area (Å²) < 4.78 is 6.10. The average molecular weight is 197 g/mol. The Morgan fingerprint density at radius 2 is 1.79 bits per heavy atom. The first-order valence-electron chi connectivity index (χ1n) is 6.19. The fourth-order valence-corrected chi connectivity index (χ4v) is 2.56. The van der Waals surface area contributed by atoms with Gasteiger partial charge in [0.25, 0.3) is 0 Å². The van der Waals surface area contributed by atoms with Gasteiger partial charge < -0.3 is 10.5 Å². The molecule has 0 saturated heterocycles. The predicted octanol–water partition coefficient (Wildman–Crippen LogP) is 2.46. The molecule has 2 aliphatic rings. The van der Waals surface area contributed by atoms with Crippen molar-refractivity contribution in [3.63, 3.8) is 0 Å². The molecule has 0 spiro atoms. The summed E-state index contributed by atoms with van der Waals surface area (Å²) in [4.78, 5) is 0. The van der Waals surface area contributed by atoms with Gasteiger partial charge in [-0.15, -0.1) is 0 Å². The van der Waals surface area contributed by atoms with Crippen LogP contribution >= 0.6 is 0 Å². The lowest BCUT2D eigenvalue weighted by Crippen LogP contribution is -2.44. The lowest BCUT2D eigenvalue weighted by atomic mass is 9.83. The van der Waals surface area contributed by atoms with Crippen molar-refractivity contribution in [3.8, 4) is 0 Å². The van der Waals surface area contributed by atoms with Crippen molar-refractivity contribution < 1.29 is 4.74 Å². The minimum atomic E-state index is 0.0633. The van der Waals surface area contributed by atoms with E-state index in [0.717, 1.165) is 19.1 Å². The highest BCUT2D eigenvalue weighted by Gasteiger charge is 2.32. The van der Waals surface area contributed by atoms with Crippen LogP contribution in [-0.2, 0) is 4.74 Å². The zero-order valence-corrected chi connectivity index (χ0v) is 9.13. The fraction of sp³-hybridized carbons (Fsp3) is 1.00. The molecule has 14 heavy (non-hydrogen) atoms. The van der Waals surface area contributed by atoms with E-state index in [-0.39, 0.29) is 5.60 Å². The summed E-state index contributed by atoms with van der Waals surface area (Å²) in [6, 6.07) is 0. The zero-order valence-electron chi connectivity index (χ0n) is 9.13. The Kier molecular flexibility index (Phi) is 3.45. The maximum Gasteiger partial charge on any atom is 0.0804 e. The summed E-state index contributed by atoms with van der Waals surface area (Å²) in [7, 11) is 0. The van der Waals surface area contributed by atoms with Gasteiger partial charge in [-0.25, -0.2) is 0 Å². The second-order valence-electron chi connectivity index (χ2n) is 5.06. The van der Waals surface area contributed by atoms with Crippen LogP contribution in [0.2, 0.25) is 0 Å². The normalized spacial score (nSPS) is 27.2. The molecule has 2 heteroatoms. The maximum absolute atomic E-state index is 6.10. The number of hydrogen-bond acceptors (Lipinski definition) is 2. The molecule has 0 aromatic rings. The van der Waals surface area contributed by atoms with Crippen molar-refractivity contribution in [2.45, 2.75) is 57.0 Å². The molecule has 0 bridgehead atoms. The molecule has 0 aromatic carbocycles. The van der Waals surface area contributed by atoms with Gasteiger partial charge in [-0.1, -0.05) is 25.7 Å². The molecule has 2 fully saturated rings. The minimum Gasteiger partial charge on any atom is -0.373 e. The Morgan fingerprint density at radius 1 is 1.07 bits per heavy atom. The monoisotopic (exact) mass is 197 g/mol. The molecule has 0 aliphatic heterocycles. The molecule has 2 saturated carbocycles. The third-order valence-corrected chi connectivity index (χ3v) is 3.99. The van der Waals surface area contributed by atoms with Crippen molar-refractivity contribution in [1.82, 2.24) is 0 Å². The molecular weight excluding hydrogens is 174 g/mol. The van der Waals surface area contributed by atoms with Crippen LogP contribution in [0.25, 0.3) is 0 Å². The van der Waals surface area contributed by atoms with E-state index in [1.165, 1.54) is 51.4 Å². The second kappa shape index (κ2) is 4.63. The number of nitrogens with two attached hydrogens (primary N) is 1. The van der Waals surface area contributed by atoms with E-state index in [0.29, 0.717) is 0 Å². The van der Waals surface area contributed by atoms with Crippen LogP contribution in [0, 0.1) is 5.92 Å². The summed E-state index contributed by atoms with van der Waals surface area (Å²) >= 11 is 0. The van der Waals surface area contributed by atoms with Gasteiger partial charge in [0.05, 0.1) is 12.2 Å². The van der Waals surface area contributed by atoms with Gasteiger partial charge in [0, 0.05) is 6.54 Å². The highest BCUT2D eigenvalue weighted by Crippen LogP contribution is 2.34. The summed E-state index contributed by atoms with van der Waals surface area (Å²) in [6.07, 6.45) is 10.5. The van der Waals surface area contributed by atoms with Gasteiger partial charge in [0.15, 0.2) is 0 Å². The lowest BCUT2D eigenvalue weighted by molar-refractivity contribution is -0.0853. The molecule has 0 radical (unpaired) electrons. The minimum absolute atomic E-state index is 0.0633. The van der Waals surface area contributed by atoms with Crippen molar-refractivity contribution in [2.75, 3.05) is 13.2 Å². The Balaban J connectivity index is 1.77. The third-order valence-electron chi connectivity index (χ3n) is 3.99. The van der Waals surface area contributed by atoms with Crippen LogP contribution in [-0.4, -0.2) is 18.8 Å². The first-order chi connectivity index (χ1) is 6.85. The van der Waals surface area contributed by atoms with E-state index in [2.05, 4.69) is 0 Å². The molecule has 0 heterocycles. The van der Waals surface area contributed by atoms with Crippen molar-refractivity contribution in [1.29, 1.82) is 0 Å². The van der Waals surface area contributed by atoms with Gasteiger partial charge >= 0.3 is 0 Å². The second-order valence-corrected chi connectivity index (χ2v) is 5.06. The molecule has 2 aliphatic carbocycles. The Labute approximate surface area is 87.2 Å². The molecule has 0 atom stereocenters. The molecule has 82 valence electrons. The van der Waals surface area contributed by atoms with Crippen LogP contribution in [0.3, 0.4) is 0 Å². The Morgan fingerprint density at radius 3 is 2.29 bits per heavy atom. The van der Waals surface area contributed by atoms with E-state index in [9.17, 15) is 0 Å². The van der Waals surface area contributed by atoms with E-state index < -0.39 is 0 Å². The molecule has 0 aromatic heterocycles. The fourth-order valence-electron chi connectivity index (χ4n) is 2.56. The standard InChI is InChI=1S/C12H23NO/c13-10-12(7-2-1-3-8-12)14-9-11-5-4-6-11/h11H,1-10,13H2. The highest BCUT2D eigenvalue weighted by molar-refractivity contribution is 4.86. The molecule has 0 unspecified atom stereocenters. The van der Waals surface area contributed by atoms with E-state index in [1.54, 1.807) is 0 Å². The van der Waals surface area contributed by atoms with Crippen molar-refractivity contribution >= 4 is 0 Å². The van der Waals surface area contributed by atoms with Crippen LogP contribution in [0.4, 0.5) is 0 Å².